The van der Waals surface area contributed by atoms with Crippen LogP contribution < -0.4 is 5.32 Å². The topological polar surface area (TPSA) is 68.3 Å². The zero-order chi connectivity index (χ0) is 17.0. The molecule has 0 atom stereocenters. The van der Waals surface area contributed by atoms with Crippen molar-refractivity contribution in [1.29, 1.82) is 0 Å². The predicted molar refractivity (Wildman–Crippen MR) is 75.0 cm³/mol. The highest BCUT2D eigenvalue weighted by Gasteiger charge is 2.35. The van der Waals surface area contributed by atoms with Crippen LogP contribution in [0.4, 0.5) is 18.9 Å². The van der Waals surface area contributed by atoms with E-state index in [-0.39, 0.29) is 11.3 Å². The van der Waals surface area contributed by atoms with Crippen LogP contribution in [0.25, 0.3) is 0 Å². The van der Waals surface area contributed by atoms with Gasteiger partial charge in [-0.1, -0.05) is 12.1 Å². The van der Waals surface area contributed by atoms with Crippen LogP contribution in [0, 0.1) is 0 Å². The Morgan fingerprint density at radius 2 is 1.83 bits per heavy atom. The molecule has 1 heterocycles. The molecule has 0 radical (unpaired) electrons. The Morgan fingerprint density at radius 3 is 2.48 bits per heavy atom. The molecule has 0 unspecified atom stereocenters. The van der Waals surface area contributed by atoms with Gasteiger partial charge in [0.2, 0.25) is 0 Å². The third kappa shape index (κ3) is 3.65. The molecule has 5 nitrogen and oxygen atoms in total. The number of nitrogens with one attached hydrogen (secondary N) is 1. The van der Waals surface area contributed by atoms with E-state index in [4.69, 9.17) is 0 Å². The van der Waals surface area contributed by atoms with Gasteiger partial charge in [-0.2, -0.15) is 13.2 Å². The van der Waals surface area contributed by atoms with Crippen molar-refractivity contribution in [2.24, 2.45) is 0 Å². The molecule has 0 fully saturated rings. The van der Waals surface area contributed by atoms with E-state index in [2.05, 4.69) is 15.0 Å². The minimum Gasteiger partial charge on any atom is -0.465 e. The summed E-state index contributed by atoms with van der Waals surface area (Å²) in [5, 5.41) is 2.27. The summed E-state index contributed by atoms with van der Waals surface area (Å²) in [4.78, 5) is 27.3. The van der Waals surface area contributed by atoms with Gasteiger partial charge in [-0.15, -0.1) is 0 Å². The molecule has 1 aromatic carbocycles. The average molecular weight is 324 g/mol. The van der Waals surface area contributed by atoms with Gasteiger partial charge in [-0.25, -0.2) is 4.79 Å². The van der Waals surface area contributed by atoms with Gasteiger partial charge >= 0.3 is 12.1 Å². The van der Waals surface area contributed by atoms with E-state index in [1.54, 1.807) is 0 Å². The van der Waals surface area contributed by atoms with Gasteiger partial charge in [0.15, 0.2) is 0 Å². The zero-order valence-corrected chi connectivity index (χ0v) is 11.8. The monoisotopic (exact) mass is 324 g/mol. The lowest BCUT2D eigenvalue weighted by Gasteiger charge is -2.13. The number of para-hydroxylation sites is 1. The maximum absolute atomic E-state index is 12.9. The number of hydrogen-bond acceptors (Lipinski definition) is 4. The molecule has 1 amide bonds. The smallest absolute Gasteiger partial charge is 0.417 e. The molecule has 0 spiro atoms. The molecule has 8 heteroatoms. The average Bonchev–Trinajstić information content (AvgIpc) is 2.54. The van der Waals surface area contributed by atoms with Gasteiger partial charge in [0.25, 0.3) is 5.91 Å². The minimum atomic E-state index is -4.70. The molecule has 0 aliphatic rings. The van der Waals surface area contributed by atoms with E-state index in [1.807, 2.05) is 0 Å². The summed E-state index contributed by atoms with van der Waals surface area (Å²) in [6, 6.07) is 6.54. The number of carbonyl (C=O) groups excluding carboxylic acids is 2. The summed E-state index contributed by atoms with van der Waals surface area (Å²) in [5.74, 6) is -1.75. The highest BCUT2D eigenvalue weighted by molar-refractivity contribution is 6.08. The van der Waals surface area contributed by atoms with Gasteiger partial charge in [-0.3, -0.25) is 9.78 Å². The molecule has 23 heavy (non-hydrogen) atoms. The Kier molecular flexibility index (Phi) is 4.63. The maximum atomic E-state index is 12.9. The van der Waals surface area contributed by atoms with Gasteiger partial charge in [0, 0.05) is 12.4 Å². The lowest BCUT2D eigenvalue weighted by molar-refractivity contribution is -0.138. The third-order valence-electron chi connectivity index (χ3n) is 2.95. The summed E-state index contributed by atoms with van der Waals surface area (Å²) in [5.41, 5.74) is -1.68. The van der Waals surface area contributed by atoms with Crippen molar-refractivity contribution >= 4 is 17.6 Å². The first-order valence-electron chi connectivity index (χ1n) is 6.34. The third-order valence-corrected chi connectivity index (χ3v) is 2.95. The number of hydrogen-bond donors (Lipinski definition) is 1. The molecule has 2 rings (SSSR count). The second-order valence-corrected chi connectivity index (χ2v) is 4.41. The van der Waals surface area contributed by atoms with Gasteiger partial charge in [-0.05, 0) is 18.2 Å². The van der Waals surface area contributed by atoms with Crippen molar-refractivity contribution < 1.29 is 27.5 Å². The van der Waals surface area contributed by atoms with Crippen molar-refractivity contribution in [2.75, 3.05) is 12.4 Å². The fourth-order valence-corrected chi connectivity index (χ4v) is 1.89. The quantitative estimate of drug-likeness (QED) is 0.881. The number of alkyl halides is 3. The molecule has 120 valence electrons. The van der Waals surface area contributed by atoms with Crippen molar-refractivity contribution in [3.05, 3.63) is 59.4 Å². The molecule has 0 aliphatic carbocycles. The Balaban J connectivity index is 2.37. The first-order chi connectivity index (χ1) is 10.8. The summed E-state index contributed by atoms with van der Waals surface area (Å²) in [6.45, 7) is 0. The molecular weight excluding hydrogens is 313 g/mol. The fourth-order valence-electron chi connectivity index (χ4n) is 1.89. The predicted octanol–water partition coefficient (Wildman–Crippen LogP) is 3.14. The number of amides is 1. The van der Waals surface area contributed by atoms with E-state index in [0.717, 1.165) is 19.5 Å². The summed E-state index contributed by atoms with van der Waals surface area (Å²) in [7, 11) is 1.16. The highest BCUT2D eigenvalue weighted by atomic mass is 19.4. The molecule has 0 saturated heterocycles. The SMILES string of the molecule is COC(=O)c1ccccc1NC(=O)c1cnccc1C(F)(F)F. The second-order valence-electron chi connectivity index (χ2n) is 4.41. The van der Waals surface area contributed by atoms with Crippen molar-refractivity contribution in [3.8, 4) is 0 Å². The van der Waals surface area contributed by atoms with Crippen LogP contribution in [-0.4, -0.2) is 24.0 Å². The summed E-state index contributed by atoms with van der Waals surface area (Å²) in [6.07, 6.45) is -2.93. The maximum Gasteiger partial charge on any atom is 0.417 e. The van der Waals surface area contributed by atoms with Crippen molar-refractivity contribution in [1.82, 2.24) is 4.98 Å². The molecule has 0 bridgehead atoms. The van der Waals surface area contributed by atoms with E-state index in [9.17, 15) is 22.8 Å². The second kappa shape index (κ2) is 6.47. The number of carbonyl (C=O) groups is 2. The number of anilines is 1. The van der Waals surface area contributed by atoms with Crippen molar-refractivity contribution in [2.45, 2.75) is 6.18 Å². The molecular formula is C15H11F3N2O3. The van der Waals surface area contributed by atoms with E-state index in [0.29, 0.717) is 6.07 Å². The number of rotatable bonds is 3. The Labute approximate surface area is 129 Å². The number of aromatic nitrogens is 1. The molecule has 1 N–H and O–H groups in total. The number of benzene rings is 1. The highest BCUT2D eigenvalue weighted by Crippen LogP contribution is 2.31. The molecule has 1 aromatic heterocycles. The van der Waals surface area contributed by atoms with Crippen LogP contribution in [0.5, 0.6) is 0 Å². The molecule has 2 aromatic rings. The van der Waals surface area contributed by atoms with E-state index in [1.165, 1.54) is 24.3 Å². The Morgan fingerprint density at radius 1 is 1.13 bits per heavy atom. The lowest BCUT2D eigenvalue weighted by atomic mass is 10.1. The van der Waals surface area contributed by atoms with Crippen LogP contribution in [-0.2, 0) is 10.9 Å². The largest absolute Gasteiger partial charge is 0.465 e. The number of esters is 1. The molecule has 0 aliphatic heterocycles. The van der Waals surface area contributed by atoms with Crippen LogP contribution in [0.3, 0.4) is 0 Å². The van der Waals surface area contributed by atoms with Crippen LogP contribution in [0.1, 0.15) is 26.3 Å². The summed E-state index contributed by atoms with van der Waals surface area (Å²) < 4.78 is 43.3. The Bertz CT molecular complexity index is 745. The summed E-state index contributed by atoms with van der Waals surface area (Å²) >= 11 is 0. The number of halogens is 3. The Hall–Kier alpha value is -2.90. The van der Waals surface area contributed by atoms with Gasteiger partial charge in [0.1, 0.15) is 0 Å². The van der Waals surface area contributed by atoms with Gasteiger partial charge in [0.05, 0.1) is 29.5 Å². The zero-order valence-electron chi connectivity index (χ0n) is 11.8. The normalized spacial score (nSPS) is 11.0. The first kappa shape index (κ1) is 16.5. The van der Waals surface area contributed by atoms with Crippen LogP contribution in [0.15, 0.2) is 42.7 Å². The number of methoxy groups -OCH3 is 1. The van der Waals surface area contributed by atoms with Gasteiger partial charge < -0.3 is 10.1 Å². The fraction of sp³-hybridized carbons (Fsp3) is 0.133. The van der Waals surface area contributed by atoms with Crippen LogP contribution >= 0.6 is 0 Å². The van der Waals surface area contributed by atoms with E-state index >= 15 is 0 Å². The van der Waals surface area contributed by atoms with Crippen LogP contribution in [0.2, 0.25) is 0 Å². The minimum absolute atomic E-state index is 0.0285. The standard InChI is InChI=1S/C15H11F3N2O3/c1-23-14(22)9-4-2-3-5-12(9)20-13(21)10-8-19-7-6-11(10)15(16,17)18/h2-8H,1H3,(H,20,21). The number of nitrogens with zero attached hydrogens (tertiary/aromatic N) is 1. The van der Waals surface area contributed by atoms with Crippen molar-refractivity contribution in [3.63, 3.8) is 0 Å². The number of pyridine rings is 1. The first-order valence-corrected chi connectivity index (χ1v) is 6.34. The lowest BCUT2D eigenvalue weighted by Crippen LogP contribution is -2.20. The molecule has 0 saturated carbocycles. The van der Waals surface area contributed by atoms with E-state index < -0.39 is 29.2 Å². The number of ether oxygens (including phenoxy) is 1.